The van der Waals surface area contributed by atoms with Crippen molar-refractivity contribution in [2.24, 2.45) is 0 Å². The maximum absolute atomic E-state index is 12.5. The van der Waals surface area contributed by atoms with Gasteiger partial charge >= 0.3 is 12.1 Å². The first-order chi connectivity index (χ1) is 14.9. The number of nitro groups is 1. The third-order valence-electron chi connectivity index (χ3n) is 4.84. The molecule has 0 aromatic heterocycles. The van der Waals surface area contributed by atoms with E-state index in [-0.39, 0.29) is 31.9 Å². The molecule has 31 heavy (non-hydrogen) atoms. The molecular formula is C21H22N2O8. The molecule has 1 heterocycles. The number of methoxy groups -OCH3 is 1. The average Bonchev–Trinajstić information content (AvgIpc) is 3.18. The van der Waals surface area contributed by atoms with Crippen LogP contribution in [0.3, 0.4) is 0 Å². The molecule has 0 saturated carbocycles. The highest BCUT2D eigenvalue weighted by Crippen LogP contribution is 2.22. The summed E-state index contributed by atoms with van der Waals surface area (Å²) >= 11 is 0. The van der Waals surface area contributed by atoms with E-state index < -0.39 is 29.1 Å². The molecule has 1 N–H and O–H groups in total. The van der Waals surface area contributed by atoms with Crippen LogP contribution in [-0.4, -0.2) is 52.8 Å². The van der Waals surface area contributed by atoms with Gasteiger partial charge in [0.15, 0.2) is 0 Å². The van der Waals surface area contributed by atoms with Gasteiger partial charge in [-0.1, -0.05) is 12.1 Å². The van der Waals surface area contributed by atoms with Crippen LogP contribution in [0, 0.1) is 10.1 Å². The Hall–Kier alpha value is -3.66. The van der Waals surface area contributed by atoms with Gasteiger partial charge in [0, 0.05) is 18.6 Å². The topological polar surface area (TPSA) is 128 Å². The van der Waals surface area contributed by atoms with Gasteiger partial charge in [-0.25, -0.2) is 9.59 Å². The van der Waals surface area contributed by atoms with Crippen molar-refractivity contribution in [3.05, 3.63) is 69.8 Å². The van der Waals surface area contributed by atoms with E-state index >= 15 is 0 Å². The number of ether oxygens (including phenoxy) is 3. The van der Waals surface area contributed by atoms with Gasteiger partial charge in [0.05, 0.1) is 24.7 Å². The summed E-state index contributed by atoms with van der Waals surface area (Å²) in [5, 5.41) is 20.6. The number of aliphatic hydroxyl groups excluding tert-OH is 1. The average molecular weight is 430 g/mol. The minimum atomic E-state index is -0.961. The highest BCUT2D eigenvalue weighted by Gasteiger charge is 2.41. The van der Waals surface area contributed by atoms with Crippen molar-refractivity contribution in [2.45, 2.75) is 31.8 Å². The minimum absolute atomic E-state index is 0.0150. The lowest BCUT2D eigenvalue weighted by molar-refractivity contribution is -0.384. The number of nitrogens with zero attached hydrogens (tertiary/aromatic N) is 2. The molecule has 0 aliphatic carbocycles. The lowest BCUT2D eigenvalue weighted by Crippen LogP contribution is -2.41. The summed E-state index contributed by atoms with van der Waals surface area (Å²) in [7, 11) is 1.55. The van der Waals surface area contributed by atoms with Crippen LogP contribution in [0.25, 0.3) is 0 Å². The van der Waals surface area contributed by atoms with Crippen molar-refractivity contribution < 1.29 is 33.8 Å². The van der Waals surface area contributed by atoms with E-state index in [0.717, 1.165) is 10.5 Å². The van der Waals surface area contributed by atoms with E-state index in [0.29, 0.717) is 11.3 Å². The van der Waals surface area contributed by atoms with Crippen molar-refractivity contribution in [1.29, 1.82) is 0 Å². The number of carbonyl (C=O) groups excluding carboxylic acids is 2. The largest absolute Gasteiger partial charge is 0.497 e. The Labute approximate surface area is 178 Å². The normalized spacial score (nSPS) is 17.8. The second kappa shape index (κ2) is 9.90. The molecule has 1 amide bonds. The van der Waals surface area contributed by atoms with Gasteiger partial charge in [0.25, 0.3) is 5.69 Å². The number of non-ortho nitro benzene ring substituents is 1. The fraction of sp³-hybridized carbons (Fsp3) is 0.333. The summed E-state index contributed by atoms with van der Waals surface area (Å²) in [5.41, 5.74) is 1.23. The molecule has 2 aromatic rings. The molecule has 10 nitrogen and oxygen atoms in total. The fourth-order valence-corrected chi connectivity index (χ4v) is 3.15. The Bertz CT molecular complexity index is 929. The fourth-order valence-electron chi connectivity index (χ4n) is 3.15. The van der Waals surface area contributed by atoms with Crippen LogP contribution in [0.1, 0.15) is 17.5 Å². The summed E-state index contributed by atoms with van der Waals surface area (Å²) in [6.07, 6.45) is -1.60. The van der Waals surface area contributed by atoms with E-state index in [1.165, 1.54) is 24.3 Å². The van der Waals surface area contributed by atoms with E-state index in [4.69, 9.17) is 14.2 Å². The number of hydrogen-bond acceptors (Lipinski definition) is 8. The first-order valence-electron chi connectivity index (χ1n) is 9.51. The van der Waals surface area contributed by atoms with Gasteiger partial charge in [-0.2, -0.15) is 0 Å². The van der Waals surface area contributed by atoms with E-state index in [2.05, 4.69) is 0 Å². The van der Waals surface area contributed by atoms with Crippen LogP contribution in [0.4, 0.5) is 10.5 Å². The number of aliphatic hydroxyl groups is 1. The molecule has 2 atom stereocenters. The molecule has 1 saturated heterocycles. The first-order valence-corrected chi connectivity index (χ1v) is 9.51. The van der Waals surface area contributed by atoms with Crippen LogP contribution in [-0.2, 0) is 27.5 Å². The first kappa shape index (κ1) is 22.0. The lowest BCUT2D eigenvalue weighted by Gasteiger charge is -2.22. The van der Waals surface area contributed by atoms with Gasteiger partial charge in [-0.15, -0.1) is 0 Å². The molecule has 3 rings (SSSR count). The van der Waals surface area contributed by atoms with Crippen molar-refractivity contribution >= 4 is 17.7 Å². The Kier molecular flexibility index (Phi) is 7.03. The van der Waals surface area contributed by atoms with Crippen LogP contribution >= 0.6 is 0 Å². The zero-order valence-corrected chi connectivity index (χ0v) is 16.8. The number of likely N-dealkylation sites (tertiary alicyclic amines) is 1. The molecule has 0 bridgehead atoms. The van der Waals surface area contributed by atoms with Gasteiger partial charge in [0.1, 0.15) is 25.0 Å². The number of β-amino-alcohol motifs (C(OH)–C–C–N with tert-alkyl or cyclic N) is 1. The predicted octanol–water partition coefficient (Wildman–Crippen LogP) is 2.42. The molecule has 164 valence electrons. The lowest BCUT2D eigenvalue weighted by atomic mass is 10.2. The number of hydrogen-bond donors (Lipinski definition) is 1. The van der Waals surface area contributed by atoms with Gasteiger partial charge in [0.2, 0.25) is 0 Å². The molecule has 1 fully saturated rings. The summed E-state index contributed by atoms with van der Waals surface area (Å²) < 4.78 is 15.6. The number of esters is 1. The van der Waals surface area contributed by atoms with Crippen molar-refractivity contribution in [3.8, 4) is 5.75 Å². The quantitative estimate of drug-likeness (QED) is 0.403. The van der Waals surface area contributed by atoms with E-state index in [1.807, 2.05) is 0 Å². The molecule has 2 aromatic carbocycles. The summed E-state index contributed by atoms with van der Waals surface area (Å²) in [5.74, 6) is 0.0376. The Morgan fingerprint density at radius 2 is 1.65 bits per heavy atom. The SMILES string of the molecule is COc1ccc(COC(=O)[C@@H]2C[C@@H](O)CN2C(=O)OCc2ccc([N+](=O)[O-])cc2)cc1. The molecule has 1 aliphatic heterocycles. The maximum atomic E-state index is 12.5. The van der Waals surface area contributed by atoms with E-state index in [9.17, 15) is 24.8 Å². The van der Waals surface area contributed by atoms with Crippen LogP contribution in [0.2, 0.25) is 0 Å². The number of nitro benzene ring substituents is 1. The van der Waals surface area contributed by atoms with Crippen molar-refractivity contribution in [1.82, 2.24) is 4.90 Å². The second-order valence-electron chi connectivity index (χ2n) is 6.99. The van der Waals surface area contributed by atoms with E-state index in [1.54, 1.807) is 31.4 Å². The summed E-state index contributed by atoms with van der Waals surface area (Å²) in [4.78, 5) is 36.3. The molecule has 0 spiro atoms. The summed E-state index contributed by atoms with van der Waals surface area (Å²) in [6, 6.07) is 11.6. The zero-order valence-electron chi connectivity index (χ0n) is 16.8. The molecule has 10 heteroatoms. The number of carbonyl (C=O) groups is 2. The second-order valence-corrected chi connectivity index (χ2v) is 6.99. The van der Waals surface area contributed by atoms with Crippen LogP contribution in [0.5, 0.6) is 5.75 Å². The number of amides is 1. The van der Waals surface area contributed by atoms with Crippen LogP contribution in [0.15, 0.2) is 48.5 Å². The Morgan fingerprint density at radius 1 is 1.06 bits per heavy atom. The molecule has 0 radical (unpaired) electrons. The minimum Gasteiger partial charge on any atom is -0.497 e. The summed E-state index contributed by atoms with van der Waals surface area (Å²) in [6.45, 7) is -0.167. The number of rotatable bonds is 7. The standard InChI is InChI=1S/C21H22N2O8/c1-29-18-8-4-15(5-9-18)12-30-20(25)19-10-17(24)11-22(19)21(26)31-13-14-2-6-16(7-3-14)23(27)28/h2-9,17,19,24H,10-13H2,1H3/t17-,19+/m1/s1. The monoisotopic (exact) mass is 430 g/mol. The molecule has 1 aliphatic rings. The third-order valence-corrected chi connectivity index (χ3v) is 4.84. The Morgan fingerprint density at radius 3 is 2.23 bits per heavy atom. The van der Waals surface area contributed by atoms with Crippen LogP contribution < -0.4 is 4.74 Å². The van der Waals surface area contributed by atoms with Gasteiger partial charge < -0.3 is 19.3 Å². The zero-order chi connectivity index (χ0) is 22.4. The predicted molar refractivity (Wildman–Crippen MR) is 107 cm³/mol. The Balaban J connectivity index is 1.55. The van der Waals surface area contributed by atoms with Crippen molar-refractivity contribution in [3.63, 3.8) is 0 Å². The number of benzene rings is 2. The van der Waals surface area contributed by atoms with Crippen molar-refractivity contribution in [2.75, 3.05) is 13.7 Å². The van der Waals surface area contributed by atoms with Gasteiger partial charge in [-0.3, -0.25) is 15.0 Å². The molecule has 0 unspecified atom stereocenters. The highest BCUT2D eigenvalue weighted by molar-refractivity contribution is 5.82. The maximum Gasteiger partial charge on any atom is 0.410 e. The highest BCUT2D eigenvalue weighted by atomic mass is 16.6. The molecular weight excluding hydrogens is 408 g/mol. The van der Waals surface area contributed by atoms with Gasteiger partial charge in [-0.05, 0) is 35.4 Å². The smallest absolute Gasteiger partial charge is 0.410 e. The third kappa shape index (κ3) is 5.70.